The molecule has 22 heavy (non-hydrogen) atoms. The summed E-state index contributed by atoms with van der Waals surface area (Å²) in [5, 5.41) is 7.48. The molecule has 1 unspecified atom stereocenters. The Morgan fingerprint density at radius 3 is 2.64 bits per heavy atom. The quantitative estimate of drug-likeness (QED) is 0.861. The number of nitrogens with two attached hydrogens (primary N) is 1. The molecular formula is C14H14N4O2S2. The molecular weight excluding hydrogens is 320 g/mol. The highest BCUT2D eigenvalue weighted by atomic mass is 32.2. The van der Waals surface area contributed by atoms with Gasteiger partial charge in [0.15, 0.2) is 4.34 Å². The van der Waals surface area contributed by atoms with Crippen LogP contribution in [-0.2, 0) is 16.0 Å². The van der Waals surface area contributed by atoms with Crippen LogP contribution in [0.2, 0.25) is 0 Å². The van der Waals surface area contributed by atoms with Crippen LogP contribution < -0.4 is 10.6 Å². The number of hydrogen-bond acceptors (Lipinski definition) is 7. The van der Waals surface area contributed by atoms with E-state index in [0.29, 0.717) is 15.2 Å². The van der Waals surface area contributed by atoms with Gasteiger partial charge >= 0.3 is 0 Å². The topological polar surface area (TPSA) is 89.2 Å². The van der Waals surface area contributed by atoms with Crippen molar-refractivity contribution in [3.8, 4) is 0 Å². The van der Waals surface area contributed by atoms with Crippen LogP contribution in [-0.4, -0.2) is 27.3 Å². The van der Waals surface area contributed by atoms with Crippen LogP contribution in [0.15, 0.2) is 28.6 Å². The molecule has 1 atom stereocenters. The van der Waals surface area contributed by atoms with Gasteiger partial charge in [0, 0.05) is 6.42 Å². The number of imide groups is 1. The summed E-state index contributed by atoms with van der Waals surface area (Å²) < 4.78 is 0.604. The van der Waals surface area contributed by atoms with Crippen LogP contribution in [0.5, 0.6) is 0 Å². The number of carbonyl (C=O) groups excluding carboxylic acids is 2. The van der Waals surface area contributed by atoms with Crippen molar-refractivity contribution in [1.29, 1.82) is 0 Å². The highest BCUT2D eigenvalue weighted by molar-refractivity contribution is 8.02. The predicted octanol–water partition coefficient (Wildman–Crippen LogP) is 2.11. The molecule has 2 heterocycles. The van der Waals surface area contributed by atoms with E-state index in [1.54, 1.807) is 0 Å². The second-order valence-corrected chi connectivity index (χ2v) is 7.26. The average Bonchev–Trinajstić information content (AvgIpc) is 3.03. The minimum Gasteiger partial charge on any atom is -0.374 e. The highest BCUT2D eigenvalue weighted by Gasteiger charge is 2.40. The number of nitrogens with zero attached hydrogens (tertiary/aromatic N) is 3. The monoisotopic (exact) mass is 334 g/mol. The minimum atomic E-state index is -0.467. The Morgan fingerprint density at radius 2 is 2.05 bits per heavy atom. The second-order valence-electron chi connectivity index (χ2n) is 4.80. The number of carbonyl (C=O) groups is 2. The Bertz CT molecular complexity index is 714. The van der Waals surface area contributed by atoms with Crippen LogP contribution in [0.25, 0.3) is 0 Å². The van der Waals surface area contributed by atoms with Gasteiger partial charge in [-0.05, 0) is 24.1 Å². The highest BCUT2D eigenvalue weighted by Crippen LogP contribution is 2.35. The Hall–Kier alpha value is -1.93. The summed E-state index contributed by atoms with van der Waals surface area (Å²) in [5.74, 6) is -0.405. The number of anilines is 2. The first kappa shape index (κ1) is 15.0. The number of benzene rings is 1. The van der Waals surface area contributed by atoms with Crippen molar-refractivity contribution < 1.29 is 9.59 Å². The van der Waals surface area contributed by atoms with Gasteiger partial charge in [-0.3, -0.25) is 9.59 Å². The van der Waals surface area contributed by atoms with Gasteiger partial charge in [-0.15, -0.1) is 10.2 Å². The Morgan fingerprint density at radius 1 is 1.32 bits per heavy atom. The summed E-state index contributed by atoms with van der Waals surface area (Å²) in [4.78, 5) is 25.9. The van der Waals surface area contributed by atoms with E-state index in [4.69, 9.17) is 5.73 Å². The van der Waals surface area contributed by atoms with Gasteiger partial charge in [0.1, 0.15) is 5.25 Å². The number of aromatic nitrogens is 2. The average molecular weight is 334 g/mol. The van der Waals surface area contributed by atoms with Crippen LogP contribution in [0.4, 0.5) is 10.8 Å². The molecule has 6 nitrogen and oxygen atoms in total. The molecule has 0 saturated carbocycles. The molecule has 1 aliphatic heterocycles. The maximum absolute atomic E-state index is 12.5. The zero-order chi connectivity index (χ0) is 15.7. The van der Waals surface area contributed by atoms with Gasteiger partial charge in [-0.25, -0.2) is 4.90 Å². The fourth-order valence-corrected chi connectivity index (χ4v) is 4.14. The van der Waals surface area contributed by atoms with Crippen molar-refractivity contribution in [3.63, 3.8) is 0 Å². The summed E-state index contributed by atoms with van der Waals surface area (Å²) >= 11 is 2.46. The molecule has 1 aliphatic rings. The Kier molecular flexibility index (Phi) is 4.12. The largest absolute Gasteiger partial charge is 0.374 e. The summed E-state index contributed by atoms with van der Waals surface area (Å²) in [7, 11) is 0. The van der Waals surface area contributed by atoms with Crippen molar-refractivity contribution in [2.75, 3.05) is 10.6 Å². The van der Waals surface area contributed by atoms with Crippen LogP contribution in [0, 0.1) is 0 Å². The first-order valence-corrected chi connectivity index (χ1v) is 8.49. The zero-order valence-corrected chi connectivity index (χ0v) is 13.5. The van der Waals surface area contributed by atoms with Crippen molar-refractivity contribution in [3.05, 3.63) is 29.8 Å². The molecule has 1 saturated heterocycles. The number of nitrogen functional groups attached to an aromatic ring is 1. The molecule has 8 heteroatoms. The number of rotatable bonds is 4. The molecule has 2 amide bonds. The smallest absolute Gasteiger partial charge is 0.247 e. The fraction of sp³-hybridized carbons (Fsp3) is 0.286. The normalized spacial score (nSPS) is 18.2. The third kappa shape index (κ3) is 2.84. The van der Waals surface area contributed by atoms with E-state index in [1.165, 1.54) is 28.0 Å². The fourth-order valence-electron chi connectivity index (χ4n) is 2.24. The van der Waals surface area contributed by atoms with Crippen LogP contribution in [0.1, 0.15) is 18.9 Å². The molecule has 1 aromatic carbocycles. The second kappa shape index (κ2) is 6.05. The lowest BCUT2D eigenvalue weighted by molar-refractivity contribution is -0.121. The SMILES string of the molecule is CCc1ccc(N2C(=O)CC(Sc3nnc(N)s3)C2=O)cc1. The molecule has 1 aromatic heterocycles. The molecule has 2 N–H and O–H groups in total. The number of thioether (sulfide) groups is 1. The van der Waals surface area contributed by atoms with E-state index in [0.717, 1.165) is 12.0 Å². The Labute approximate surface area is 135 Å². The van der Waals surface area contributed by atoms with Gasteiger partial charge in [-0.1, -0.05) is 42.2 Å². The van der Waals surface area contributed by atoms with E-state index in [-0.39, 0.29) is 18.2 Å². The molecule has 0 spiro atoms. The standard InChI is InChI=1S/C14H14N4O2S2/c1-2-8-3-5-9(6-4-8)18-11(19)7-10(12(18)20)21-14-17-16-13(15)22-14/h3-6,10H,2,7H2,1H3,(H2,15,16). The Balaban J connectivity index is 1.78. The van der Waals surface area contributed by atoms with E-state index in [2.05, 4.69) is 17.1 Å². The molecule has 0 aliphatic carbocycles. The first-order valence-electron chi connectivity index (χ1n) is 6.80. The zero-order valence-electron chi connectivity index (χ0n) is 11.9. The molecule has 3 rings (SSSR count). The summed E-state index contributed by atoms with van der Waals surface area (Å²) in [6, 6.07) is 7.48. The lowest BCUT2D eigenvalue weighted by atomic mass is 10.1. The van der Waals surface area contributed by atoms with E-state index in [9.17, 15) is 9.59 Å². The molecule has 2 aromatic rings. The van der Waals surface area contributed by atoms with E-state index >= 15 is 0 Å². The lowest BCUT2D eigenvalue weighted by Gasteiger charge is -2.15. The maximum atomic E-state index is 12.5. The van der Waals surface area contributed by atoms with Gasteiger partial charge in [0.05, 0.1) is 5.69 Å². The molecule has 0 bridgehead atoms. The number of aryl methyl sites for hydroxylation is 1. The van der Waals surface area contributed by atoms with Gasteiger partial charge in [0.25, 0.3) is 0 Å². The third-order valence-corrected chi connectivity index (χ3v) is 5.40. The van der Waals surface area contributed by atoms with E-state index in [1.807, 2.05) is 24.3 Å². The number of hydrogen-bond donors (Lipinski definition) is 1. The molecule has 0 radical (unpaired) electrons. The van der Waals surface area contributed by atoms with Crippen molar-refractivity contribution in [2.24, 2.45) is 0 Å². The molecule has 114 valence electrons. The number of amides is 2. The van der Waals surface area contributed by atoms with Gasteiger partial charge in [0.2, 0.25) is 16.9 Å². The minimum absolute atomic E-state index is 0.165. The van der Waals surface area contributed by atoms with Crippen molar-refractivity contribution in [1.82, 2.24) is 10.2 Å². The third-order valence-electron chi connectivity index (χ3n) is 3.37. The van der Waals surface area contributed by atoms with Gasteiger partial charge in [-0.2, -0.15) is 0 Å². The summed E-state index contributed by atoms with van der Waals surface area (Å²) in [6.07, 6.45) is 1.08. The van der Waals surface area contributed by atoms with Gasteiger partial charge < -0.3 is 5.73 Å². The van der Waals surface area contributed by atoms with E-state index < -0.39 is 5.25 Å². The van der Waals surface area contributed by atoms with Crippen molar-refractivity contribution >= 4 is 45.7 Å². The maximum Gasteiger partial charge on any atom is 0.247 e. The summed E-state index contributed by atoms with van der Waals surface area (Å²) in [5.41, 5.74) is 7.31. The first-order chi connectivity index (χ1) is 10.6. The predicted molar refractivity (Wildman–Crippen MR) is 86.9 cm³/mol. The van der Waals surface area contributed by atoms with Crippen LogP contribution in [0.3, 0.4) is 0 Å². The summed E-state index contributed by atoms with van der Waals surface area (Å²) in [6.45, 7) is 2.06. The van der Waals surface area contributed by atoms with Crippen LogP contribution >= 0.6 is 23.1 Å². The molecule has 1 fully saturated rings. The van der Waals surface area contributed by atoms with Crippen molar-refractivity contribution in [2.45, 2.75) is 29.4 Å². The lowest BCUT2D eigenvalue weighted by Crippen LogP contribution is -2.31.